The van der Waals surface area contributed by atoms with Gasteiger partial charge in [-0.1, -0.05) is 37.3 Å². The van der Waals surface area contributed by atoms with Crippen molar-refractivity contribution in [2.45, 2.75) is 37.4 Å². The van der Waals surface area contributed by atoms with Gasteiger partial charge in [-0.15, -0.1) is 0 Å². The second-order valence-corrected chi connectivity index (χ2v) is 7.23. The van der Waals surface area contributed by atoms with Gasteiger partial charge in [0.2, 0.25) is 0 Å². The molecule has 0 bridgehead atoms. The molecule has 0 amide bonds. The first-order valence-electron chi connectivity index (χ1n) is 9.08. The summed E-state index contributed by atoms with van der Waals surface area (Å²) < 4.78 is 6.24. The molecular formula is C21H25NO3. The third-order valence-corrected chi connectivity index (χ3v) is 5.93. The Morgan fingerprint density at radius 1 is 1.24 bits per heavy atom. The number of fused-ring (bicyclic) bond motifs is 3. The molecule has 2 aliphatic heterocycles. The Morgan fingerprint density at radius 3 is 2.80 bits per heavy atom. The van der Waals surface area contributed by atoms with Crippen molar-refractivity contribution in [3.05, 3.63) is 59.7 Å². The lowest BCUT2D eigenvalue weighted by Crippen LogP contribution is -2.53. The molecule has 0 aliphatic carbocycles. The van der Waals surface area contributed by atoms with E-state index in [1.165, 1.54) is 0 Å². The van der Waals surface area contributed by atoms with Crippen molar-refractivity contribution in [3.63, 3.8) is 0 Å². The van der Waals surface area contributed by atoms with E-state index < -0.39 is 6.10 Å². The molecule has 1 saturated heterocycles. The van der Waals surface area contributed by atoms with E-state index >= 15 is 0 Å². The van der Waals surface area contributed by atoms with Gasteiger partial charge in [0.15, 0.2) is 0 Å². The average molecular weight is 339 g/mol. The van der Waals surface area contributed by atoms with E-state index in [1.54, 1.807) is 6.07 Å². The van der Waals surface area contributed by atoms with Crippen LogP contribution in [-0.2, 0) is 5.41 Å². The Balaban J connectivity index is 1.51. The molecule has 0 aromatic heterocycles. The molecule has 2 aromatic carbocycles. The number of hydrogen-bond donors (Lipinski definition) is 2. The Labute approximate surface area is 148 Å². The Hall–Kier alpha value is -2.04. The molecule has 0 spiro atoms. The number of likely N-dealkylation sites (tertiary alicyclic amines) is 1. The number of phenolic OH excluding ortho intramolecular Hbond substituents is 1. The topological polar surface area (TPSA) is 52.9 Å². The monoisotopic (exact) mass is 339 g/mol. The van der Waals surface area contributed by atoms with Crippen LogP contribution in [0.4, 0.5) is 0 Å². The van der Waals surface area contributed by atoms with Crippen LogP contribution in [0.15, 0.2) is 48.5 Å². The maximum atomic E-state index is 10.5. The zero-order valence-electron chi connectivity index (χ0n) is 14.6. The number of nitrogens with zero attached hydrogens (tertiary/aromatic N) is 1. The molecule has 4 nitrogen and oxygen atoms in total. The van der Waals surface area contributed by atoms with Crippen molar-refractivity contribution in [1.82, 2.24) is 4.90 Å². The molecule has 4 rings (SSSR count). The molecule has 2 N–H and O–H groups in total. The molecular weight excluding hydrogens is 314 g/mol. The predicted molar refractivity (Wildman–Crippen MR) is 97.0 cm³/mol. The van der Waals surface area contributed by atoms with E-state index in [-0.39, 0.29) is 11.5 Å². The molecule has 25 heavy (non-hydrogen) atoms. The minimum absolute atomic E-state index is 0.0255. The van der Waals surface area contributed by atoms with Crippen LogP contribution in [-0.4, -0.2) is 40.9 Å². The maximum absolute atomic E-state index is 10.5. The van der Waals surface area contributed by atoms with Crippen LogP contribution in [0.25, 0.3) is 0 Å². The summed E-state index contributed by atoms with van der Waals surface area (Å²) in [5, 5.41) is 20.4. The van der Waals surface area contributed by atoms with E-state index in [0.29, 0.717) is 12.3 Å². The number of rotatable bonds is 4. The summed E-state index contributed by atoms with van der Waals surface area (Å²) in [6.45, 7) is 4.54. The van der Waals surface area contributed by atoms with Gasteiger partial charge in [-0.25, -0.2) is 0 Å². The van der Waals surface area contributed by atoms with Crippen LogP contribution < -0.4 is 4.74 Å². The summed E-state index contributed by atoms with van der Waals surface area (Å²) in [5.41, 5.74) is 2.07. The number of ether oxygens (including phenoxy) is 1. The normalized spacial score (nSPS) is 26.6. The van der Waals surface area contributed by atoms with Gasteiger partial charge < -0.3 is 14.9 Å². The summed E-state index contributed by atoms with van der Waals surface area (Å²) >= 11 is 0. The van der Waals surface area contributed by atoms with Gasteiger partial charge in [0, 0.05) is 24.1 Å². The van der Waals surface area contributed by atoms with Gasteiger partial charge in [0.05, 0.1) is 6.10 Å². The van der Waals surface area contributed by atoms with Crippen molar-refractivity contribution < 1.29 is 14.9 Å². The first-order valence-corrected chi connectivity index (χ1v) is 9.08. The number of piperidine rings is 1. The van der Waals surface area contributed by atoms with Crippen LogP contribution in [0, 0.1) is 0 Å². The first kappa shape index (κ1) is 16.4. The van der Waals surface area contributed by atoms with Crippen LogP contribution >= 0.6 is 0 Å². The molecule has 2 aromatic rings. The van der Waals surface area contributed by atoms with Crippen LogP contribution in [0.2, 0.25) is 0 Å². The van der Waals surface area contributed by atoms with Crippen molar-refractivity contribution in [3.8, 4) is 11.5 Å². The fourth-order valence-corrected chi connectivity index (χ4v) is 4.43. The Kier molecular flexibility index (Phi) is 4.18. The Bertz CT molecular complexity index is 748. The van der Waals surface area contributed by atoms with E-state index in [9.17, 15) is 10.2 Å². The van der Waals surface area contributed by atoms with E-state index in [1.807, 2.05) is 42.5 Å². The molecule has 132 valence electrons. The van der Waals surface area contributed by atoms with Crippen molar-refractivity contribution >= 4 is 0 Å². The van der Waals surface area contributed by atoms with Crippen molar-refractivity contribution in [2.75, 3.05) is 19.6 Å². The number of aliphatic hydroxyl groups is 1. The highest BCUT2D eigenvalue weighted by Gasteiger charge is 2.50. The number of aromatic hydroxyl groups is 1. The highest BCUT2D eigenvalue weighted by atomic mass is 16.5. The third kappa shape index (κ3) is 2.79. The largest absolute Gasteiger partial charge is 0.508 e. The molecule has 3 atom stereocenters. The number of β-amino-alcohol motifs (C(OH)–C–C–N with tert-alkyl or cyclic N) is 1. The van der Waals surface area contributed by atoms with Crippen LogP contribution in [0.3, 0.4) is 0 Å². The lowest BCUT2D eigenvalue weighted by molar-refractivity contribution is 0.0165. The smallest absolute Gasteiger partial charge is 0.124 e. The number of aliphatic hydroxyl groups excluding tert-OH is 1. The molecule has 0 radical (unpaired) electrons. The molecule has 2 aliphatic rings. The van der Waals surface area contributed by atoms with Crippen LogP contribution in [0.5, 0.6) is 11.5 Å². The summed E-state index contributed by atoms with van der Waals surface area (Å²) in [5.74, 6) is 1.20. The first-order chi connectivity index (χ1) is 12.1. The fourth-order valence-electron chi connectivity index (χ4n) is 4.43. The summed E-state index contributed by atoms with van der Waals surface area (Å²) in [7, 11) is 0. The summed E-state index contributed by atoms with van der Waals surface area (Å²) in [4.78, 5) is 2.29. The quantitative estimate of drug-likeness (QED) is 0.898. The predicted octanol–water partition coefficient (Wildman–Crippen LogP) is 3.24. The van der Waals surface area contributed by atoms with Crippen molar-refractivity contribution in [2.24, 2.45) is 0 Å². The zero-order chi connectivity index (χ0) is 17.4. The summed E-state index contributed by atoms with van der Waals surface area (Å²) in [6, 6.07) is 15.3. The maximum Gasteiger partial charge on any atom is 0.124 e. The molecule has 0 saturated carbocycles. The van der Waals surface area contributed by atoms with Gasteiger partial charge in [-0.05, 0) is 43.1 Å². The lowest BCUT2D eigenvalue weighted by Gasteiger charge is -2.43. The molecule has 0 unspecified atom stereocenters. The van der Waals surface area contributed by atoms with Gasteiger partial charge in [-0.2, -0.15) is 0 Å². The minimum atomic E-state index is -0.483. The second kappa shape index (κ2) is 6.36. The van der Waals surface area contributed by atoms with Gasteiger partial charge in [-0.3, -0.25) is 4.90 Å². The lowest BCUT2D eigenvalue weighted by atomic mass is 9.70. The zero-order valence-corrected chi connectivity index (χ0v) is 14.6. The molecule has 2 heterocycles. The van der Waals surface area contributed by atoms with E-state index in [2.05, 4.69) is 11.8 Å². The highest BCUT2D eigenvalue weighted by Crippen LogP contribution is 2.50. The highest BCUT2D eigenvalue weighted by molar-refractivity contribution is 5.49. The van der Waals surface area contributed by atoms with Gasteiger partial charge >= 0.3 is 0 Å². The third-order valence-electron chi connectivity index (χ3n) is 5.93. The number of benzene rings is 2. The standard InChI is InChI=1S/C21H25NO3/c1-2-21-10-11-22(13-18(24)15-6-4-3-5-7-15)14-20(21)25-19-9-8-16(23)12-17(19)21/h3-9,12,18,20,23-24H,2,10-11,13-14H2,1H3/t18-,20-,21-/m1/s1. The van der Waals surface area contributed by atoms with E-state index in [0.717, 1.165) is 42.8 Å². The van der Waals surface area contributed by atoms with Crippen molar-refractivity contribution in [1.29, 1.82) is 0 Å². The minimum Gasteiger partial charge on any atom is -0.508 e. The van der Waals surface area contributed by atoms with Crippen LogP contribution in [0.1, 0.15) is 37.0 Å². The van der Waals surface area contributed by atoms with E-state index in [4.69, 9.17) is 4.74 Å². The number of phenols is 1. The molecule has 1 fully saturated rings. The molecule has 4 heteroatoms. The van der Waals surface area contributed by atoms with Gasteiger partial charge in [0.25, 0.3) is 0 Å². The van der Waals surface area contributed by atoms with Gasteiger partial charge in [0.1, 0.15) is 17.6 Å². The average Bonchev–Trinajstić information content (AvgIpc) is 2.96. The Morgan fingerprint density at radius 2 is 2.04 bits per heavy atom. The number of hydrogen-bond acceptors (Lipinski definition) is 4. The summed E-state index contributed by atoms with van der Waals surface area (Å²) in [6.07, 6.45) is 1.56. The fraction of sp³-hybridized carbons (Fsp3) is 0.429. The SMILES string of the molecule is CC[C@]12CCN(C[C@@H](O)c3ccccc3)C[C@H]1Oc1ccc(O)cc12. The second-order valence-electron chi connectivity index (χ2n) is 7.23.